The first-order valence-corrected chi connectivity index (χ1v) is 9.23. The Hall–Kier alpha value is -3.73. The average Bonchev–Trinajstić information content (AvgIpc) is 3.02. The Bertz CT molecular complexity index is 1120. The number of aromatic nitrogens is 3. The van der Waals surface area contributed by atoms with Crippen molar-refractivity contribution in [1.29, 1.82) is 5.26 Å². The summed E-state index contributed by atoms with van der Waals surface area (Å²) in [6.45, 7) is 4.53. The first kappa shape index (κ1) is 18.6. The van der Waals surface area contributed by atoms with Gasteiger partial charge >= 0.3 is 0 Å². The number of rotatable bonds is 0. The van der Waals surface area contributed by atoms with Gasteiger partial charge in [-0.1, -0.05) is 11.6 Å². The number of pyridine rings is 1. The molecule has 8 nitrogen and oxygen atoms in total. The molecule has 148 valence electrons. The SMILES string of the molecule is Cc1ccc2c(c1)[C@@H](C)Oc1cc(cnc1N)-c1c(nn(C)c1C#N)OCCO2. The second-order valence-corrected chi connectivity index (χ2v) is 6.87. The van der Waals surface area contributed by atoms with Gasteiger partial charge in [0, 0.05) is 24.4 Å². The van der Waals surface area contributed by atoms with E-state index >= 15 is 0 Å². The van der Waals surface area contributed by atoms with Crippen LogP contribution in [-0.2, 0) is 7.05 Å². The van der Waals surface area contributed by atoms with Gasteiger partial charge in [-0.25, -0.2) is 4.98 Å². The van der Waals surface area contributed by atoms with Gasteiger partial charge in [-0.3, -0.25) is 4.68 Å². The smallest absolute Gasteiger partial charge is 0.242 e. The van der Waals surface area contributed by atoms with Crippen LogP contribution in [0.1, 0.15) is 29.8 Å². The van der Waals surface area contributed by atoms with Gasteiger partial charge in [0.15, 0.2) is 11.6 Å². The monoisotopic (exact) mass is 391 g/mol. The molecule has 0 radical (unpaired) electrons. The van der Waals surface area contributed by atoms with E-state index in [1.54, 1.807) is 19.3 Å². The number of benzene rings is 1. The molecule has 1 atom stereocenters. The van der Waals surface area contributed by atoms with Gasteiger partial charge in [0.1, 0.15) is 36.8 Å². The number of aryl methyl sites for hydroxylation is 2. The number of anilines is 1. The van der Waals surface area contributed by atoms with E-state index in [2.05, 4.69) is 16.2 Å². The molecule has 0 saturated heterocycles. The molecule has 2 N–H and O–H groups in total. The molecule has 1 aliphatic rings. The summed E-state index contributed by atoms with van der Waals surface area (Å²) in [7, 11) is 1.69. The molecular weight excluding hydrogens is 370 g/mol. The number of nitrogen functional groups attached to an aromatic ring is 1. The van der Waals surface area contributed by atoms with Crippen molar-refractivity contribution in [3.05, 3.63) is 47.3 Å². The number of nitriles is 1. The van der Waals surface area contributed by atoms with Crippen molar-refractivity contribution in [3.63, 3.8) is 0 Å². The summed E-state index contributed by atoms with van der Waals surface area (Å²) in [6.07, 6.45) is 1.26. The molecule has 2 bridgehead atoms. The van der Waals surface area contributed by atoms with E-state index in [-0.39, 0.29) is 18.5 Å². The van der Waals surface area contributed by atoms with E-state index in [1.807, 2.05) is 32.0 Å². The summed E-state index contributed by atoms with van der Waals surface area (Å²) in [5.41, 5.74) is 9.62. The Morgan fingerprint density at radius 2 is 2.00 bits per heavy atom. The van der Waals surface area contributed by atoms with Crippen LogP contribution in [0.2, 0.25) is 0 Å². The van der Waals surface area contributed by atoms with E-state index in [4.69, 9.17) is 19.9 Å². The van der Waals surface area contributed by atoms with Gasteiger partial charge in [0.2, 0.25) is 5.88 Å². The summed E-state index contributed by atoms with van der Waals surface area (Å²) in [5.74, 6) is 1.73. The summed E-state index contributed by atoms with van der Waals surface area (Å²) in [6, 6.07) is 9.86. The van der Waals surface area contributed by atoms with Crippen molar-refractivity contribution in [2.45, 2.75) is 20.0 Å². The standard InChI is InChI=1S/C21H21N5O3/c1-12-4-5-17-15(8-12)13(2)29-18-9-14(11-24-20(18)23)19-16(10-22)26(3)25-21(19)28-7-6-27-17/h4-5,8-9,11,13H,6-7H2,1-3H3,(H2,23,24)/t13-/m1/s1. The maximum atomic E-state index is 9.60. The molecule has 4 rings (SSSR count). The molecule has 2 aromatic heterocycles. The number of nitrogens with zero attached hydrogens (tertiary/aromatic N) is 4. The number of ether oxygens (including phenoxy) is 3. The molecule has 0 saturated carbocycles. The van der Waals surface area contributed by atoms with Crippen LogP contribution in [0.3, 0.4) is 0 Å². The lowest BCUT2D eigenvalue weighted by atomic mass is 10.1. The Kier molecular flexibility index (Phi) is 4.72. The van der Waals surface area contributed by atoms with E-state index < -0.39 is 0 Å². The Labute approximate surface area is 168 Å². The highest BCUT2D eigenvalue weighted by atomic mass is 16.5. The molecule has 8 heteroatoms. The van der Waals surface area contributed by atoms with E-state index in [9.17, 15) is 5.26 Å². The van der Waals surface area contributed by atoms with Gasteiger partial charge in [-0.2, -0.15) is 5.26 Å². The number of nitrogens with two attached hydrogens (primary N) is 1. The zero-order chi connectivity index (χ0) is 20.5. The van der Waals surface area contributed by atoms with E-state index in [0.29, 0.717) is 40.8 Å². The molecular formula is C21H21N5O3. The second-order valence-electron chi connectivity index (χ2n) is 6.87. The molecule has 3 heterocycles. The molecule has 0 fully saturated rings. The van der Waals surface area contributed by atoms with Gasteiger partial charge in [-0.15, -0.1) is 5.10 Å². The van der Waals surface area contributed by atoms with Gasteiger partial charge < -0.3 is 19.9 Å². The zero-order valence-corrected chi connectivity index (χ0v) is 16.5. The number of hydrogen-bond acceptors (Lipinski definition) is 7. The van der Waals surface area contributed by atoms with Crippen LogP contribution in [0.4, 0.5) is 5.82 Å². The van der Waals surface area contributed by atoms with Gasteiger partial charge in [0.05, 0.1) is 5.56 Å². The number of hydrogen-bond donors (Lipinski definition) is 1. The van der Waals surface area contributed by atoms with Crippen molar-refractivity contribution in [2.75, 3.05) is 18.9 Å². The van der Waals surface area contributed by atoms with Crippen LogP contribution in [0.5, 0.6) is 17.4 Å². The highest BCUT2D eigenvalue weighted by molar-refractivity contribution is 5.75. The molecule has 3 aromatic rings. The second kappa shape index (κ2) is 7.36. The first-order valence-electron chi connectivity index (χ1n) is 9.23. The molecule has 29 heavy (non-hydrogen) atoms. The van der Waals surface area contributed by atoms with Crippen LogP contribution in [0.15, 0.2) is 30.5 Å². The normalized spacial score (nSPS) is 15.7. The Morgan fingerprint density at radius 1 is 1.21 bits per heavy atom. The van der Waals surface area contributed by atoms with Crippen LogP contribution in [-0.4, -0.2) is 28.0 Å². The predicted octanol–water partition coefficient (Wildman–Crippen LogP) is 3.16. The molecule has 0 aliphatic carbocycles. The Balaban J connectivity index is 1.86. The first-order chi connectivity index (χ1) is 14.0. The highest BCUT2D eigenvalue weighted by Gasteiger charge is 2.23. The van der Waals surface area contributed by atoms with Crippen LogP contribution < -0.4 is 19.9 Å². The van der Waals surface area contributed by atoms with Crippen LogP contribution in [0, 0.1) is 18.3 Å². The average molecular weight is 391 g/mol. The summed E-state index contributed by atoms with van der Waals surface area (Å²) < 4.78 is 19.4. The highest BCUT2D eigenvalue weighted by Crippen LogP contribution is 2.38. The fourth-order valence-corrected chi connectivity index (χ4v) is 3.34. The van der Waals surface area contributed by atoms with Crippen molar-refractivity contribution >= 4 is 5.82 Å². The third-order valence-electron chi connectivity index (χ3n) is 4.78. The molecule has 1 aliphatic heterocycles. The van der Waals surface area contributed by atoms with Gasteiger partial charge in [0.25, 0.3) is 0 Å². The van der Waals surface area contributed by atoms with Crippen molar-refractivity contribution in [2.24, 2.45) is 7.05 Å². The molecule has 1 aromatic carbocycles. The third-order valence-corrected chi connectivity index (χ3v) is 4.78. The molecule has 0 spiro atoms. The summed E-state index contributed by atoms with van der Waals surface area (Å²) in [4.78, 5) is 4.26. The fourth-order valence-electron chi connectivity index (χ4n) is 3.34. The minimum atomic E-state index is -0.324. The lowest BCUT2D eigenvalue weighted by molar-refractivity contribution is 0.195. The minimum Gasteiger partial charge on any atom is -0.490 e. The Morgan fingerprint density at radius 3 is 2.79 bits per heavy atom. The van der Waals surface area contributed by atoms with Crippen molar-refractivity contribution < 1.29 is 14.2 Å². The largest absolute Gasteiger partial charge is 0.490 e. The molecule has 0 amide bonds. The van der Waals surface area contributed by atoms with Crippen LogP contribution >= 0.6 is 0 Å². The third kappa shape index (κ3) is 3.43. The quantitative estimate of drug-likeness (QED) is 0.627. The summed E-state index contributed by atoms with van der Waals surface area (Å²) in [5, 5.41) is 13.9. The van der Waals surface area contributed by atoms with E-state index in [0.717, 1.165) is 11.1 Å². The zero-order valence-electron chi connectivity index (χ0n) is 16.5. The van der Waals surface area contributed by atoms with Crippen molar-refractivity contribution in [3.8, 4) is 34.6 Å². The number of fused-ring (bicyclic) bond motifs is 5. The lowest BCUT2D eigenvalue weighted by Crippen LogP contribution is -2.12. The molecule has 0 unspecified atom stereocenters. The summed E-state index contributed by atoms with van der Waals surface area (Å²) >= 11 is 0. The topological polar surface area (TPSA) is 108 Å². The lowest BCUT2D eigenvalue weighted by Gasteiger charge is -2.20. The maximum absolute atomic E-state index is 9.60. The van der Waals surface area contributed by atoms with Crippen LogP contribution in [0.25, 0.3) is 11.1 Å². The predicted molar refractivity (Wildman–Crippen MR) is 107 cm³/mol. The maximum Gasteiger partial charge on any atom is 0.242 e. The van der Waals surface area contributed by atoms with Gasteiger partial charge in [-0.05, 0) is 32.0 Å². The minimum absolute atomic E-state index is 0.260. The fraction of sp³-hybridized carbons (Fsp3) is 0.286. The van der Waals surface area contributed by atoms with E-state index in [1.165, 1.54) is 4.68 Å². The van der Waals surface area contributed by atoms with Crippen molar-refractivity contribution in [1.82, 2.24) is 14.8 Å².